The molecule has 0 saturated heterocycles. The maximum Gasteiger partial charge on any atom is 0.177 e. The minimum absolute atomic E-state index is 0.185. The van der Waals surface area contributed by atoms with Crippen LogP contribution >= 0.6 is 27.3 Å². The Morgan fingerprint density at radius 2 is 2.00 bits per heavy atom. The van der Waals surface area contributed by atoms with Crippen molar-refractivity contribution in [3.05, 3.63) is 56.2 Å². The van der Waals surface area contributed by atoms with Crippen LogP contribution in [0.1, 0.15) is 20.8 Å². The summed E-state index contributed by atoms with van der Waals surface area (Å²) in [6.07, 6.45) is 0.486. The van der Waals surface area contributed by atoms with Crippen molar-refractivity contribution in [1.29, 1.82) is 0 Å². The molecule has 0 spiro atoms. The van der Waals surface area contributed by atoms with E-state index in [1.807, 2.05) is 43.3 Å². The topological polar surface area (TPSA) is 17.1 Å². The second-order valence-corrected chi connectivity index (χ2v) is 6.09. The molecule has 1 aromatic heterocycles. The summed E-state index contributed by atoms with van der Waals surface area (Å²) >= 11 is 4.85. The lowest BCUT2D eigenvalue weighted by molar-refractivity contribution is 0.0996. The number of carbonyl (C=O) groups excluding carboxylic acids is 1. The monoisotopic (exact) mass is 294 g/mol. The average molecular weight is 295 g/mol. The molecular weight excluding hydrogens is 284 g/mol. The predicted octanol–water partition coefficient (Wildman–Crippen LogP) is 4.24. The van der Waals surface area contributed by atoms with E-state index in [1.165, 1.54) is 16.9 Å². The third-order valence-corrected chi connectivity index (χ3v) is 4.12. The van der Waals surface area contributed by atoms with Crippen molar-refractivity contribution < 1.29 is 4.79 Å². The normalized spacial score (nSPS) is 10.4. The molecule has 0 N–H and O–H groups in total. The van der Waals surface area contributed by atoms with Gasteiger partial charge in [0.15, 0.2) is 5.78 Å². The number of halogens is 1. The first-order chi connectivity index (χ1) is 7.66. The first-order valence-corrected chi connectivity index (χ1v) is 6.61. The van der Waals surface area contributed by atoms with Gasteiger partial charge in [-0.05, 0) is 46.1 Å². The Morgan fingerprint density at radius 3 is 2.62 bits per heavy atom. The van der Waals surface area contributed by atoms with Crippen molar-refractivity contribution in [3.8, 4) is 0 Å². The number of carbonyl (C=O) groups is 1. The fraction of sp³-hybridized carbons (Fsp3) is 0.154. The quantitative estimate of drug-likeness (QED) is 0.774. The van der Waals surface area contributed by atoms with E-state index in [0.717, 1.165) is 14.2 Å². The number of ketones is 1. The van der Waals surface area contributed by atoms with Crippen LogP contribution in [0, 0.1) is 6.92 Å². The van der Waals surface area contributed by atoms with Crippen LogP contribution < -0.4 is 0 Å². The third kappa shape index (κ3) is 2.60. The Morgan fingerprint density at radius 1 is 1.25 bits per heavy atom. The Kier molecular flexibility index (Phi) is 3.56. The van der Waals surface area contributed by atoms with Crippen LogP contribution in [-0.2, 0) is 6.42 Å². The maximum atomic E-state index is 12.0. The molecule has 1 heterocycles. The standard InChI is InChI=1S/C13H11BrOS/c1-9-4-2-3-5-10(9)8-11(15)12-6-7-13(14)16-12/h2-7H,8H2,1H3. The van der Waals surface area contributed by atoms with Gasteiger partial charge < -0.3 is 0 Å². The Balaban J connectivity index is 2.17. The molecule has 2 aromatic rings. The molecule has 3 heteroatoms. The molecule has 0 amide bonds. The van der Waals surface area contributed by atoms with Crippen LogP contribution in [0.2, 0.25) is 0 Å². The summed E-state index contributed by atoms with van der Waals surface area (Å²) in [5, 5.41) is 0. The molecule has 1 aromatic carbocycles. The minimum Gasteiger partial charge on any atom is -0.293 e. The summed E-state index contributed by atoms with van der Waals surface area (Å²) < 4.78 is 1.00. The number of hydrogen-bond donors (Lipinski definition) is 0. The summed E-state index contributed by atoms with van der Waals surface area (Å²) in [4.78, 5) is 12.8. The summed E-state index contributed by atoms with van der Waals surface area (Å²) in [6, 6.07) is 11.8. The first-order valence-electron chi connectivity index (χ1n) is 5.00. The van der Waals surface area contributed by atoms with Crippen molar-refractivity contribution in [2.45, 2.75) is 13.3 Å². The second kappa shape index (κ2) is 4.93. The highest BCUT2D eigenvalue weighted by molar-refractivity contribution is 9.11. The molecule has 2 rings (SSSR count). The lowest BCUT2D eigenvalue weighted by atomic mass is 10.0. The predicted molar refractivity (Wildman–Crippen MR) is 71.2 cm³/mol. The molecule has 0 bridgehead atoms. The average Bonchev–Trinajstić information content (AvgIpc) is 2.68. The Hall–Kier alpha value is -0.930. The number of rotatable bonds is 3. The van der Waals surface area contributed by atoms with Gasteiger partial charge in [-0.1, -0.05) is 24.3 Å². The van der Waals surface area contributed by atoms with E-state index in [0.29, 0.717) is 6.42 Å². The van der Waals surface area contributed by atoms with Crippen LogP contribution in [0.25, 0.3) is 0 Å². The second-order valence-electron chi connectivity index (χ2n) is 3.63. The summed E-state index contributed by atoms with van der Waals surface area (Å²) in [7, 11) is 0. The van der Waals surface area contributed by atoms with Crippen molar-refractivity contribution in [2.75, 3.05) is 0 Å². The summed E-state index contributed by atoms with van der Waals surface area (Å²) in [5.41, 5.74) is 2.28. The highest BCUT2D eigenvalue weighted by Crippen LogP contribution is 2.23. The van der Waals surface area contributed by atoms with Gasteiger partial charge in [0, 0.05) is 6.42 Å². The smallest absolute Gasteiger partial charge is 0.177 e. The summed E-state index contributed by atoms with van der Waals surface area (Å²) in [5.74, 6) is 0.185. The number of hydrogen-bond acceptors (Lipinski definition) is 2. The zero-order valence-corrected chi connectivity index (χ0v) is 11.3. The molecule has 0 aliphatic carbocycles. The van der Waals surface area contributed by atoms with Crippen LogP contribution in [-0.4, -0.2) is 5.78 Å². The van der Waals surface area contributed by atoms with Crippen molar-refractivity contribution in [3.63, 3.8) is 0 Å². The molecule has 0 atom stereocenters. The SMILES string of the molecule is Cc1ccccc1CC(=O)c1ccc(Br)s1. The number of Topliss-reactive ketones (excluding diaryl/α,β-unsaturated/α-hetero) is 1. The van der Waals surface area contributed by atoms with E-state index in [1.54, 1.807) is 0 Å². The van der Waals surface area contributed by atoms with Gasteiger partial charge in [0.25, 0.3) is 0 Å². The molecule has 0 aliphatic rings. The van der Waals surface area contributed by atoms with Crippen LogP contribution in [0.15, 0.2) is 40.2 Å². The van der Waals surface area contributed by atoms with Gasteiger partial charge in [0.1, 0.15) is 0 Å². The lowest BCUT2D eigenvalue weighted by Gasteiger charge is -2.02. The van der Waals surface area contributed by atoms with Gasteiger partial charge in [-0.15, -0.1) is 11.3 Å². The fourth-order valence-corrected chi connectivity index (χ4v) is 2.86. The van der Waals surface area contributed by atoms with Crippen molar-refractivity contribution in [1.82, 2.24) is 0 Å². The van der Waals surface area contributed by atoms with Gasteiger partial charge in [-0.2, -0.15) is 0 Å². The van der Waals surface area contributed by atoms with Crippen LogP contribution in [0.3, 0.4) is 0 Å². The summed E-state index contributed by atoms with van der Waals surface area (Å²) in [6.45, 7) is 2.03. The third-order valence-electron chi connectivity index (χ3n) is 2.46. The largest absolute Gasteiger partial charge is 0.293 e. The first kappa shape index (κ1) is 11.6. The number of benzene rings is 1. The molecule has 16 heavy (non-hydrogen) atoms. The van der Waals surface area contributed by atoms with E-state index in [4.69, 9.17) is 0 Å². The molecule has 1 nitrogen and oxygen atoms in total. The van der Waals surface area contributed by atoms with Crippen molar-refractivity contribution >= 4 is 33.0 Å². The molecule has 0 radical (unpaired) electrons. The number of thiophene rings is 1. The van der Waals surface area contributed by atoms with Crippen molar-refractivity contribution in [2.24, 2.45) is 0 Å². The highest BCUT2D eigenvalue weighted by atomic mass is 79.9. The zero-order valence-electron chi connectivity index (χ0n) is 8.87. The molecule has 0 fully saturated rings. The van der Waals surface area contributed by atoms with E-state index in [2.05, 4.69) is 15.9 Å². The van der Waals surface area contributed by atoms with Crippen LogP contribution in [0.5, 0.6) is 0 Å². The molecular formula is C13H11BrOS. The zero-order chi connectivity index (χ0) is 11.5. The van der Waals surface area contributed by atoms with Gasteiger partial charge in [0.2, 0.25) is 0 Å². The Labute approximate surface area is 107 Å². The molecule has 0 unspecified atom stereocenters. The van der Waals surface area contributed by atoms with Crippen LogP contribution in [0.4, 0.5) is 0 Å². The fourth-order valence-electron chi connectivity index (χ4n) is 1.53. The number of aryl methyl sites for hydroxylation is 1. The van der Waals surface area contributed by atoms with E-state index in [9.17, 15) is 4.79 Å². The van der Waals surface area contributed by atoms with E-state index >= 15 is 0 Å². The molecule has 0 saturated carbocycles. The van der Waals surface area contributed by atoms with Gasteiger partial charge in [-0.3, -0.25) is 4.79 Å². The Bertz CT molecular complexity index is 516. The highest BCUT2D eigenvalue weighted by Gasteiger charge is 2.10. The van der Waals surface area contributed by atoms with E-state index < -0.39 is 0 Å². The lowest BCUT2D eigenvalue weighted by Crippen LogP contribution is -2.02. The van der Waals surface area contributed by atoms with Gasteiger partial charge in [-0.25, -0.2) is 0 Å². The molecule has 82 valence electrons. The van der Waals surface area contributed by atoms with Gasteiger partial charge in [0.05, 0.1) is 8.66 Å². The maximum absolute atomic E-state index is 12.0. The van der Waals surface area contributed by atoms with E-state index in [-0.39, 0.29) is 5.78 Å². The minimum atomic E-state index is 0.185. The molecule has 0 aliphatic heterocycles. The van der Waals surface area contributed by atoms with Gasteiger partial charge >= 0.3 is 0 Å².